The fourth-order valence-corrected chi connectivity index (χ4v) is 5.39. The Morgan fingerprint density at radius 2 is 1.71 bits per heavy atom. The number of ether oxygens (including phenoxy) is 1. The second-order valence-corrected chi connectivity index (χ2v) is 9.18. The summed E-state index contributed by atoms with van der Waals surface area (Å²) in [5.74, 6) is 0.638. The van der Waals surface area contributed by atoms with Crippen molar-refractivity contribution in [3.05, 3.63) is 65.6 Å². The third kappa shape index (κ3) is 4.07. The van der Waals surface area contributed by atoms with Crippen molar-refractivity contribution in [3.8, 4) is 5.75 Å². The number of methoxy groups -OCH3 is 1. The molecule has 1 amide bonds. The van der Waals surface area contributed by atoms with Crippen molar-refractivity contribution in [1.29, 1.82) is 0 Å². The van der Waals surface area contributed by atoms with E-state index in [4.69, 9.17) is 4.74 Å². The largest absolute Gasteiger partial charge is 0.497 e. The summed E-state index contributed by atoms with van der Waals surface area (Å²) in [7, 11) is -0.754. The number of benzene rings is 1. The Hall–Kier alpha value is -3.13. The number of rotatable bonds is 7. The molecule has 3 rings (SSSR count). The molecule has 2 aromatic heterocycles. The molecule has 0 aliphatic rings. The summed E-state index contributed by atoms with van der Waals surface area (Å²) < 4.78 is 34.5. The number of hydrogen-bond acceptors (Lipinski definition) is 5. The average molecular weight is 442 g/mol. The molecule has 0 unspecified atom stereocenters. The van der Waals surface area contributed by atoms with Crippen molar-refractivity contribution in [2.24, 2.45) is 0 Å². The molecule has 0 saturated heterocycles. The Morgan fingerprint density at radius 3 is 2.26 bits per heavy atom. The van der Waals surface area contributed by atoms with Crippen LogP contribution in [0.3, 0.4) is 0 Å². The zero-order valence-electron chi connectivity index (χ0n) is 18.4. The number of anilines is 1. The first-order valence-corrected chi connectivity index (χ1v) is 11.5. The quantitative estimate of drug-likeness (QED) is 0.553. The van der Waals surface area contributed by atoms with E-state index in [1.807, 2.05) is 18.4 Å². The highest BCUT2D eigenvalue weighted by Gasteiger charge is 2.33. The summed E-state index contributed by atoms with van der Waals surface area (Å²) in [6.07, 6.45) is 3.87. The predicted octanol–water partition coefficient (Wildman–Crippen LogP) is 4.03. The van der Waals surface area contributed by atoms with Gasteiger partial charge in [-0.2, -0.15) is 0 Å². The van der Waals surface area contributed by atoms with Crippen LogP contribution in [0, 0.1) is 13.8 Å². The number of hydrogen-bond donors (Lipinski definition) is 0. The molecule has 0 fully saturated rings. The minimum Gasteiger partial charge on any atom is -0.497 e. The highest BCUT2D eigenvalue weighted by atomic mass is 32.2. The van der Waals surface area contributed by atoms with Crippen LogP contribution in [0.5, 0.6) is 5.75 Å². The van der Waals surface area contributed by atoms with Crippen LogP contribution in [0.1, 0.15) is 35.0 Å². The van der Waals surface area contributed by atoms with E-state index in [2.05, 4.69) is 4.98 Å². The molecular formula is C23H27N3O4S. The maximum Gasteiger partial charge on any atom is 0.259 e. The first-order valence-electron chi connectivity index (χ1n) is 10.0. The van der Waals surface area contributed by atoms with E-state index in [1.165, 1.54) is 36.5 Å². The molecule has 8 heteroatoms. The standard InChI is InChI=1S/C23H27N3O4S/c1-6-15-26-17(3)16(2)21(31(28,29)20-9-7-19(30-5)8-10-20)22(26)25(4)23(27)18-11-13-24-14-12-18/h7-14H,6,15H2,1-5H3. The normalized spacial score (nSPS) is 11.4. The molecule has 3 aromatic rings. The van der Waals surface area contributed by atoms with Gasteiger partial charge in [0, 0.05) is 37.2 Å². The van der Waals surface area contributed by atoms with Gasteiger partial charge in [-0.05, 0) is 62.2 Å². The molecule has 7 nitrogen and oxygen atoms in total. The van der Waals surface area contributed by atoms with E-state index < -0.39 is 9.84 Å². The van der Waals surface area contributed by atoms with Gasteiger partial charge in [0.15, 0.2) is 0 Å². The number of amides is 1. The van der Waals surface area contributed by atoms with Crippen molar-refractivity contribution < 1.29 is 17.9 Å². The molecule has 31 heavy (non-hydrogen) atoms. The lowest BCUT2D eigenvalue weighted by molar-refractivity contribution is 0.0991. The van der Waals surface area contributed by atoms with Gasteiger partial charge in [-0.1, -0.05) is 6.92 Å². The predicted molar refractivity (Wildman–Crippen MR) is 120 cm³/mol. The van der Waals surface area contributed by atoms with Crippen LogP contribution < -0.4 is 9.64 Å². The minimum atomic E-state index is -3.89. The Kier molecular flexibility index (Phi) is 6.50. The van der Waals surface area contributed by atoms with E-state index in [-0.39, 0.29) is 15.7 Å². The molecule has 1 aromatic carbocycles. The summed E-state index contributed by atoms with van der Waals surface area (Å²) in [6, 6.07) is 9.50. The van der Waals surface area contributed by atoms with Crippen LogP contribution in [0.4, 0.5) is 5.82 Å². The highest BCUT2D eigenvalue weighted by Crippen LogP contribution is 2.38. The van der Waals surface area contributed by atoms with E-state index >= 15 is 0 Å². The summed E-state index contributed by atoms with van der Waals surface area (Å²) in [5, 5.41) is 0. The van der Waals surface area contributed by atoms with Crippen molar-refractivity contribution in [3.63, 3.8) is 0 Å². The molecule has 0 radical (unpaired) electrons. The summed E-state index contributed by atoms with van der Waals surface area (Å²) in [6.45, 7) is 6.27. The van der Waals surface area contributed by atoms with E-state index in [1.54, 1.807) is 38.2 Å². The second-order valence-electron chi connectivity index (χ2n) is 7.29. The molecule has 0 saturated carbocycles. The molecule has 0 atom stereocenters. The SMILES string of the molecule is CCCn1c(C)c(C)c(S(=O)(=O)c2ccc(OC)cc2)c1N(C)C(=O)c1ccncc1. The van der Waals surface area contributed by atoms with E-state index in [9.17, 15) is 13.2 Å². The van der Waals surface area contributed by atoms with E-state index in [0.717, 1.165) is 12.1 Å². The zero-order valence-corrected chi connectivity index (χ0v) is 19.2. The first-order chi connectivity index (χ1) is 14.7. The number of nitrogens with zero attached hydrogens (tertiary/aromatic N) is 3. The molecule has 0 aliphatic carbocycles. The fraction of sp³-hybridized carbons (Fsp3) is 0.304. The number of aromatic nitrogens is 2. The van der Waals surface area contributed by atoms with Crippen molar-refractivity contribution in [2.45, 2.75) is 43.5 Å². The molecular weight excluding hydrogens is 414 g/mol. The zero-order chi connectivity index (χ0) is 22.8. The lowest BCUT2D eigenvalue weighted by Gasteiger charge is -2.22. The second kappa shape index (κ2) is 8.93. The Labute approximate surface area is 183 Å². The molecule has 2 heterocycles. The Morgan fingerprint density at radius 1 is 1.10 bits per heavy atom. The first kappa shape index (κ1) is 22.6. The number of pyridine rings is 1. The van der Waals surface area contributed by atoms with Crippen LogP contribution in [0.2, 0.25) is 0 Å². The Balaban J connectivity index is 2.22. The summed E-state index contributed by atoms with van der Waals surface area (Å²) in [4.78, 5) is 18.9. The van der Waals surface area contributed by atoms with Gasteiger partial charge in [0.25, 0.3) is 5.91 Å². The average Bonchev–Trinajstić information content (AvgIpc) is 3.04. The lowest BCUT2D eigenvalue weighted by Crippen LogP contribution is -2.30. The van der Waals surface area contributed by atoms with Crippen molar-refractivity contribution in [2.75, 3.05) is 19.1 Å². The monoisotopic (exact) mass is 441 g/mol. The van der Waals surface area contributed by atoms with Gasteiger partial charge in [0.1, 0.15) is 16.5 Å². The minimum absolute atomic E-state index is 0.147. The third-order valence-corrected chi connectivity index (χ3v) is 7.30. The van der Waals surface area contributed by atoms with Gasteiger partial charge in [0.2, 0.25) is 9.84 Å². The van der Waals surface area contributed by atoms with Crippen molar-refractivity contribution in [1.82, 2.24) is 9.55 Å². The van der Waals surface area contributed by atoms with Crippen LogP contribution in [0.25, 0.3) is 0 Å². The van der Waals surface area contributed by atoms with Crippen LogP contribution >= 0.6 is 0 Å². The fourth-order valence-electron chi connectivity index (χ4n) is 3.63. The Bertz CT molecular complexity index is 1180. The van der Waals surface area contributed by atoms with Gasteiger partial charge in [-0.3, -0.25) is 14.7 Å². The molecule has 0 bridgehead atoms. The van der Waals surface area contributed by atoms with Crippen LogP contribution in [-0.2, 0) is 16.4 Å². The smallest absolute Gasteiger partial charge is 0.259 e. The van der Waals surface area contributed by atoms with Gasteiger partial charge in [-0.15, -0.1) is 0 Å². The lowest BCUT2D eigenvalue weighted by atomic mass is 10.2. The maximum absolute atomic E-state index is 13.7. The molecule has 0 spiro atoms. The molecule has 164 valence electrons. The van der Waals surface area contributed by atoms with E-state index in [0.29, 0.717) is 29.2 Å². The third-order valence-electron chi connectivity index (χ3n) is 5.38. The van der Waals surface area contributed by atoms with Gasteiger partial charge in [-0.25, -0.2) is 8.42 Å². The highest BCUT2D eigenvalue weighted by molar-refractivity contribution is 7.91. The van der Waals surface area contributed by atoms with Gasteiger partial charge >= 0.3 is 0 Å². The molecule has 0 aliphatic heterocycles. The molecule has 0 N–H and O–H groups in total. The number of carbonyl (C=O) groups excluding carboxylic acids is 1. The topological polar surface area (TPSA) is 81.5 Å². The summed E-state index contributed by atoms with van der Waals surface area (Å²) in [5.41, 5.74) is 1.89. The van der Waals surface area contributed by atoms with Crippen LogP contribution in [-0.4, -0.2) is 38.0 Å². The summed E-state index contributed by atoms with van der Waals surface area (Å²) >= 11 is 0. The van der Waals surface area contributed by atoms with Gasteiger partial charge in [0.05, 0.1) is 12.0 Å². The maximum atomic E-state index is 13.7. The van der Waals surface area contributed by atoms with Gasteiger partial charge < -0.3 is 9.30 Å². The number of sulfone groups is 1. The van der Waals surface area contributed by atoms with Crippen molar-refractivity contribution >= 4 is 21.6 Å². The number of carbonyl (C=O) groups is 1. The van der Waals surface area contributed by atoms with Crippen LogP contribution in [0.15, 0.2) is 58.6 Å².